The molecule has 0 N–H and O–H groups in total. The van der Waals surface area contributed by atoms with Gasteiger partial charge in [-0.3, -0.25) is 4.98 Å². The Labute approximate surface area is 87.7 Å². The summed E-state index contributed by atoms with van der Waals surface area (Å²) < 4.78 is 0. The van der Waals surface area contributed by atoms with Crippen molar-refractivity contribution in [2.45, 2.75) is 20.3 Å². The van der Waals surface area contributed by atoms with Crippen molar-refractivity contribution in [1.29, 1.82) is 0 Å². The van der Waals surface area contributed by atoms with E-state index in [1.54, 1.807) is 11.3 Å². The van der Waals surface area contributed by atoms with Gasteiger partial charge in [-0.2, -0.15) is 0 Å². The summed E-state index contributed by atoms with van der Waals surface area (Å²) in [6, 6.07) is 4.06. The van der Waals surface area contributed by atoms with Crippen LogP contribution in [0.1, 0.15) is 17.6 Å². The van der Waals surface area contributed by atoms with E-state index in [1.807, 2.05) is 24.5 Å². The fraction of sp³-hybridized carbons (Fsp3) is 0.273. The molecule has 0 fully saturated rings. The Balaban J connectivity index is 2.46. The quantitative estimate of drug-likeness (QED) is 0.751. The van der Waals surface area contributed by atoms with E-state index >= 15 is 0 Å². The molecule has 2 heterocycles. The molecule has 0 amide bonds. The van der Waals surface area contributed by atoms with Gasteiger partial charge in [0.15, 0.2) is 0 Å². The molecule has 0 aliphatic rings. The third kappa shape index (κ3) is 1.68. The summed E-state index contributed by atoms with van der Waals surface area (Å²) in [4.78, 5) is 9.78. The lowest BCUT2D eigenvalue weighted by Gasteiger charge is -1.95. The highest BCUT2D eigenvalue weighted by Gasteiger charge is 2.07. The minimum Gasteiger partial charge on any atom is -0.265 e. The maximum atomic E-state index is 4.50. The molecule has 3 heteroatoms. The Bertz CT molecular complexity index is 420. The van der Waals surface area contributed by atoms with Crippen LogP contribution in [0.3, 0.4) is 0 Å². The molecule has 2 nitrogen and oxygen atoms in total. The lowest BCUT2D eigenvalue weighted by molar-refractivity contribution is 1.07. The van der Waals surface area contributed by atoms with Crippen molar-refractivity contribution in [3.05, 3.63) is 35.2 Å². The number of aromatic nitrogens is 2. The minimum absolute atomic E-state index is 1.01. The molecule has 72 valence electrons. The predicted molar refractivity (Wildman–Crippen MR) is 59.5 cm³/mol. The Morgan fingerprint density at radius 2 is 2.00 bits per heavy atom. The topological polar surface area (TPSA) is 25.8 Å². The van der Waals surface area contributed by atoms with E-state index in [9.17, 15) is 0 Å². The average molecular weight is 204 g/mol. The predicted octanol–water partition coefficient (Wildman–Crippen LogP) is 3.08. The summed E-state index contributed by atoms with van der Waals surface area (Å²) in [5, 5.41) is 1.20. The van der Waals surface area contributed by atoms with Crippen molar-refractivity contribution in [2.75, 3.05) is 0 Å². The summed E-state index contributed by atoms with van der Waals surface area (Å²) in [7, 11) is 0. The fourth-order valence-electron chi connectivity index (χ4n) is 1.37. The highest BCUT2D eigenvalue weighted by Crippen LogP contribution is 2.29. The molecule has 0 spiro atoms. The van der Waals surface area contributed by atoms with Gasteiger partial charge in [0.25, 0.3) is 0 Å². The normalized spacial score (nSPS) is 10.4. The molecule has 0 unspecified atom stereocenters. The van der Waals surface area contributed by atoms with Gasteiger partial charge in [0, 0.05) is 12.4 Å². The van der Waals surface area contributed by atoms with Crippen LogP contribution in [0.25, 0.3) is 10.4 Å². The monoisotopic (exact) mass is 204 g/mol. The molecule has 14 heavy (non-hydrogen) atoms. The minimum atomic E-state index is 1.01. The molecule has 0 aliphatic carbocycles. The van der Waals surface area contributed by atoms with E-state index < -0.39 is 0 Å². The molecule has 2 aromatic rings. The highest BCUT2D eigenvalue weighted by molar-refractivity contribution is 7.15. The first-order valence-corrected chi connectivity index (χ1v) is 5.49. The maximum Gasteiger partial charge on any atom is 0.0931 e. The van der Waals surface area contributed by atoms with Crippen molar-refractivity contribution in [3.8, 4) is 10.4 Å². The molecular formula is C11H12N2S. The van der Waals surface area contributed by atoms with E-state index in [4.69, 9.17) is 0 Å². The van der Waals surface area contributed by atoms with Crippen LogP contribution in [0.5, 0.6) is 0 Å². The zero-order valence-electron chi connectivity index (χ0n) is 8.32. The van der Waals surface area contributed by atoms with E-state index in [1.165, 1.54) is 15.4 Å². The Hall–Kier alpha value is -1.22. The van der Waals surface area contributed by atoms with Crippen LogP contribution >= 0.6 is 11.3 Å². The van der Waals surface area contributed by atoms with Crippen LogP contribution in [-0.2, 0) is 6.42 Å². The standard InChI is InChI=1S/C11H12N2S/c1-3-10-13-8(2)11(14-10)9-4-6-12-7-5-9/h4-7H,3H2,1-2H3. The van der Waals surface area contributed by atoms with Crippen LogP contribution in [0, 0.1) is 6.92 Å². The summed E-state index contributed by atoms with van der Waals surface area (Å²) in [6.45, 7) is 4.19. The molecule has 0 radical (unpaired) electrons. The first-order chi connectivity index (χ1) is 6.81. The Morgan fingerprint density at radius 1 is 1.29 bits per heavy atom. The lowest BCUT2D eigenvalue weighted by Crippen LogP contribution is -1.79. The van der Waals surface area contributed by atoms with Gasteiger partial charge in [0.05, 0.1) is 15.6 Å². The third-order valence-electron chi connectivity index (χ3n) is 2.09. The molecule has 0 bridgehead atoms. The van der Waals surface area contributed by atoms with Crippen molar-refractivity contribution >= 4 is 11.3 Å². The van der Waals surface area contributed by atoms with Gasteiger partial charge in [0.1, 0.15) is 0 Å². The van der Waals surface area contributed by atoms with Crippen molar-refractivity contribution in [3.63, 3.8) is 0 Å². The van der Waals surface area contributed by atoms with Gasteiger partial charge >= 0.3 is 0 Å². The largest absolute Gasteiger partial charge is 0.265 e. The summed E-state index contributed by atoms with van der Waals surface area (Å²) in [5.74, 6) is 0. The lowest BCUT2D eigenvalue weighted by atomic mass is 10.2. The Morgan fingerprint density at radius 3 is 2.57 bits per heavy atom. The molecule has 0 aliphatic heterocycles. The van der Waals surface area contributed by atoms with E-state index in [-0.39, 0.29) is 0 Å². The Kier molecular flexibility index (Phi) is 2.59. The van der Waals surface area contributed by atoms with Gasteiger partial charge < -0.3 is 0 Å². The SMILES string of the molecule is CCc1nc(C)c(-c2ccncc2)s1. The van der Waals surface area contributed by atoms with Crippen LogP contribution in [-0.4, -0.2) is 9.97 Å². The summed E-state index contributed by atoms with van der Waals surface area (Å²) >= 11 is 1.77. The van der Waals surface area contributed by atoms with Crippen LogP contribution < -0.4 is 0 Å². The van der Waals surface area contributed by atoms with Crippen LogP contribution in [0.4, 0.5) is 0 Å². The molecule has 0 atom stereocenters. The number of rotatable bonds is 2. The molecule has 2 rings (SSSR count). The van der Waals surface area contributed by atoms with Crippen LogP contribution in [0.15, 0.2) is 24.5 Å². The van der Waals surface area contributed by atoms with Gasteiger partial charge in [-0.1, -0.05) is 6.92 Å². The molecule has 2 aromatic heterocycles. The van der Waals surface area contributed by atoms with Gasteiger partial charge in [-0.05, 0) is 31.0 Å². The van der Waals surface area contributed by atoms with Crippen molar-refractivity contribution < 1.29 is 0 Å². The van der Waals surface area contributed by atoms with Crippen LogP contribution in [0.2, 0.25) is 0 Å². The second-order valence-corrected chi connectivity index (χ2v) is 4.20. The summed E-state index contributed by atoms with van der Waals surface area (Å²) in [6.07, 6.45) is 4.65. The molecule has 0 saturated carbocycles. The number of nitrogens with zero attached hydrogens (tertiary/aromatic N) is 2. The zero-order valence-corrected chi connectivity index (χ0v) is 9.14. The van der Waals surface area contributed by atoms with Gasteiger partial charge in [-0.25, -0.2) is 4.98 Å². The first-order valence-electron chi connectivity index (χ1n) is 4.68. The zero-order chi connectivity index (χ0) is 9.97. The number of thiazole rings is 1. The number of hydrogen-bond donors (Lipinski definition) is 0. The van der Waals surface area contributed by atoms with E-state index in [2.05, 4.69) is 23.8 Å². The molecular weight excluding hydrogens is 192 g/mol. The second kappa shape index (κ2) is 3.88. The number of aryl methyl sites for hydroxylation is 2. The van der Waals surface area contributed by atoms with E-state index in [0.29, 0.717) is 0 Å². The first kappa shape index (κ1) is 9.34. The second-order valence-electron chi connectivity index (χ2n) is 3.11. The average Bonchev–Trinajstić information content (AvgIpc) is 2.61. The van der Waals surface area contributed by atoms with Gasteiger partial charge in [-0.15, -0.1) is 11.3 Å². The van der Waals surface area contributed by atoms with Crippen molar-refractivity contribution in [2.24, 2.45) is 0 Å². The molecule has 0 aromatic carbocycles. The maximum absolute atomic E-state index is 4.50. The van der Waals surface area contributed by atoms with Gasteiger partial charge in [0.2, 0.25) is 0 Å². The third-order valence-corrected chi connectivity index (χ3v) is 3.44. The smallest absolute Gasteiger partial charge is 0.0931 e. The highest BCUT2D eigenvalue weighted by atomic mass is 32.1. The summed E-state index contributed by atoms with van der Waals surface area (Å²) in [5.41, 5.74) is 2.34. The fourth-order valence-corrected chi connectivity index (χ4v) is 2.38. The molecule has 0 saturated heterocycles. The number of hydrogen-bond acceptors (Lipinski definition) is 3. The van der Waals surface area contributed by atoms with E-state index in [0.717, 1.165) is 12.1 Å². The number of pyridine rings is 1. The van der Waals surface area contributed by atoms with Crippen molar-refractivity contribution in [1.82, 2.24) is 9.97 Å².